The summed E-state index contributed by atoms with van der Waals surface area (Å²) in [6, 6.07) is 60.7. The lowest BCUT2D eigenvalue weighted by atomic mass is 10.0. The van der Waals surface area contributed by atoms with E-state index in [1.807, 2.05) is 34.0 Å². The highest BCUT2D eigenvalue weighted by molar-refractivity contribution is 7.26. The molecule has 0 saturated carbocycles. The van der Waals surface area contributed by atoms with E-state index < -0.39 is 0 Å². The first-order valence-corrected chi connectivity index (χ1v) is 19.3. The highest BCUT2D eigenvalue weighted by atomic mass is 32.1. The van der Waals surface area contributed by atoms with Gasteiger partial charge in [0.1, 0.15) is 0 Å². The molecule has 0 spiro atoms. The summed E-state index contributed by atoms with van der Waals surface area (Å²) >= 11 is 5.62. The second kappa shape index (κ2) is 11.0. The summed E-state index contributed by atoms with van der Waals surface area (Å²) in [6.07, 6.45) is 0. The van der Waals surface area contributed by atoms with Crippen LogP contribution in [0, 0.1) is 0 Å². The SMILES string of the molecule is c1ccc2c(c1)ccc1sc3cc(-c4ccc(N(c5ccc6c(c5)sc5ccccc56)c5ccc6sc7ccccc7c6c5)cc4)ccc3c12. The van der Waals surface area contributed by atoms with E-state index >= 15 is 0 Å². The van der Waals surface area contributed by atoms with Crippen molar-refractivity contribution in [1.82, 2.24) is 0 Å². The van der Waals surface area contributed by atoms with E-state index in [0.29, 0.717) is 0 Å². The molecule has 0 fully saturated rings. The van der Waals surface area contributed by atoms with Crippen LogP contribution in [0.2, 0.25) is 0 Å². The van der Waals surface area contributed by atoms with Gasteiger partial charge in [0.05, 0.1) is 0 Å². The van der Waals surface area contributed by atoms with E-state index in [9.17, 15) is 0 Å². The molecule has 0 N–H and O–H groups in total. The van der Waals surface area contributed by atoms with Gasteiger partial charge < -0.3 is 4.90 Å². The maximum absolute atomic E-state index is 2.42. The molecule has 1 nitrogen and oxygen atoms in total. The number of anilines is 3. The van der Waals surface area contributed by atoms with Gasteiger partial charge in [-0.2, -0.15) is 0 Å². The van der Waals surface area contributed by atoms with Crippen LogP contribution >= 0.6 is 34.0 Å². The summed E-state index contributed by atoms with van der Waals surface area (Å²) in [5.74, 6) is 0. The zero-order valence-corrected chi connectivity index (χ0v) is 29.2. The smallest absolute Gasteiger partial charge is 0.0476 e. The maximum atomic E-state index is 2.42. The predicted octanol–water partition coefficient (Wildman–Crippen LogP) is 15.1. The Labute approximate surface area is 300 Å². The molecule has 234 valence electrons. The molecule has 0 atom stereocenters. The molecule has 4 heteroatoms. The van der Waals surface area contributed by atoms with Crippen LogP contribution in [-0.4, -0.2) is 0 Å². The van der Waals surface area contributed by atoms with Crippen LogP contribution in [0.1, 0.15) is 0 Å². The minimum Gasteiger partial charge on any atom is -0.310 e. The number of nitrogens with zero attached hydrogens (tertiary/aromatic N) is 1. The fraction of sp³-hybridized carbons (Fsp3) is 0. The minimum atomic E-state index is 1.14. The zero-order valence-electron chi connectivity index (χ0n) is 26.8. The van der Waals surface area contributed by atoms with E-state index in [-0.39, 0.29) is 0 Å². The summed E-state index contributed by atoms with van der Waals surface area (Å²) in [4.78, 5) is 2.42. The molecule has 0 aliphatic rings. The molecule has 0 radical (unpaired) electrons. The van der Waals surface area contributed by atoms with Gasteiger partial charge in [0.2, 0.25) is 0 Å². The first-order chi connectivity index (χ1) is 24.7. The van der Waals surface area contributed by atoms with Crippen molar-refractivity contribution in [1.29, 1.82) is 0 Å². The first kappa shape index (κ1) is 28.3. The second-order valence-corrected chi connectivity index (χ2v) is 16.2. The van der Waals surface area contributed by atoms with Crippen LogP contribution in [0.15, 0.2) is 164 Å². The monoisotopic (exact) mass is 689 g/mol. The Morgan fingerprint density at radius 1 is 0.300 bits per heavy atom. The number of thiophene rings is 3. The van der Waals surface area contributed by atoms with Crippen molar-refractivity contribution < 1.29 is 0 Å². The van der Waals surface area contributed by atoms with Gasteiger partial charge in [0.25, 0.3) is 0 Å². The molecule has 0 saturated heterocycles. The first-order valence-electron chi connectivity index (χ1n) is 16.8. The lowest BCUT2D eigenvalue weighted by molar-refractivity contribution is 1.30. The maximum Gasteiger partial charge on any atom is 0.0476 e. The Morgan fingerprint density at radius 2 is 0.840 bits per heavy atom. The van der Waals surface area contributed by atoms with E-state index in [1.165, 1.54) is 82.4 Å². The van der Waals surface area contributed by atoms with Gasteiger partial charge in [-0.05, 0) is 88.6 Å². The van der Waals surface area contributed by atoms with Crippen molar-refractivity contribution in [3.05, 3.63) is 164 Å². The molecule has 8 aromatic carbocycles. The van der Waals surface area contributed by atoms with Crippen molar-refractivity contribution in [2.75, 3.05) is 4.90 Å². The highest BCUT2D eigenvalue weighted by Gasteiger charge is 2.17. The highest BCUT2D eigenvalue weighted by Crippen LogP contribution is 2.44. The molecular formula is C46H27NS3. The molecule has 0 bridgehead atoms. The van der Waals surface area contributed by atoms with E-state index in [1.54, 1.807) is 0 Å². The van der Waals surface area contributed by atoms with Crippen LogP contribution < -0.4 is 4.90 Å². The van der Waals surface area contributed by atoms with E-state index in [4.69, 9.17) is 0 Å². The van der Waals surface area contributed by atoms with Gasteiger partial charge in [-0.3, -0.25) is 0 Å². The van der Waals surface area contributed by atoms with Crippen molar-refractivity contribution in [2.45, 2.75) is 0 Å². The van der Waals surface area contributed by atoms with Crippen molar-refractivity contribution in [3.8, 4) is 11.1 Å². The van der Waals surface area contributed by atoms with Crippen LogP contribution in [0.5, 0.6) is 0 Å². The Bertz CT molecular complexity index is 3110. The zero-order chi connectivity index (χ0) is 32.8. The Balaban J connectivity index is 1.04. The van der Waals surface area contributed by atoms with Gasteiger partial charge in [0, 0.05) is 77.6 Å². The lowest BCUT2D eigenvalue weighted by Gasteiger charge is -2.26. The van der Waals surface area contributed by atoms with Crippen LogP contribution in [0.4, 0.5) is 17.1 Å². The number of rotatable bonds is 4. The van der Waals surface area contributed by atoms with Gasteiger partial charge in [-0.15, -0.1) is 34.0 Å². The minimum absolute atomic E-state index is 1.14. The van der Waals surface area contributed by atoms with Gasteiger partial charge in [0.15, 0.2) is 0 Å². The predicted molar refractivity (Wildman–Crippen MR) is 223 cm³/mol. The number of hydrogen-bond donors (Lipinski definition) is 0. The summed E-state index contributed by atoms with van der Waals surface area (Å²) in [6.45, 7) is 0. The van der Waals surface area contributed by atoms with Crippen LogP contribution in [0.3, 0.4) is 0 Å². The summed E-state index contributed by atoms with van der Waals surface area (Å²) < 4.78 is 7.93. The second-order valence-electron chi connectivity index (χ2n) is 12.9. The average molecular weight is 690 g/mol. The third-order valence-corrected chi connectivity index (χ3v) is 13.5. The molecule has 3 heterocycles. The third-order valence-electron chi connectivity index (χ3n) is 10.1. The summed E-state index contributed by atoms with van der Waals surface area (Å²) in [5.41, 5.74) is 5.92. The molecule has 50 heavy (non-hydrogen) atoms. The summed E-state index contributed by atoms with van der Waals surface area (Å²) in [7, 11) is 0. The van der Waals surface area contributed by atoms with Crippen molar-refractivity contribution in [3.63, 3.8) is 0 Å². The number of benzene rings is 8. The fourth-order valence-electron chi connectivity index (χ4n) is 7.68. The van der Waals surface area contributed by atoms with Crippen molar-refractivity contribution >= 4 is 122 Å². The molecule has 11 aromatic rings. The molecular weight excluding hydrogens is 663 g/mol. The van der Waals surface area contributed by atoms with Crippen LogP contribution in [-0.2, 0) is 0 Å². The topological polar surface area (TPSA) is 3.24 Å². The molecule has 11 rings (SSSR count). The van der Waals surface area contributed by atoms with Gasteiger partial charge in [-0.1, -0.05) is 97.1 Å². The Kier molecular flexibility index (Phi) is 6.23. The Hall–Kier alpha value is -5.52. The number of hydrogen-bond acceptors (Lipinski definition) is 4. The normalized spacial score (nSPS) is 12.0. The van der Waals surface area contributed by atoms with E-state index in [2.05, 4.69) is 169 Å². The molecule has 0 aliphatic carbocycles. The van der Waals surface area contributed by atoms with Gasteiger partial charge >= 0.3 is 0 Å². The van der Waals surface area contributed by atoms with Crippen molar-refractivity contribution in [2.24, 2.45) is 0 Å². The van der Waals surface area contributed by atoms with E-state index in [0.717, 1.165) is 17.1 Å². The van der Waals surface area contributed by atoms with Crippen LogP contribution in [0.25, 0.3) is 82.4 Å². The lowest BCUT2D eigenvalue weighted by Crippen LogP contribution is -2.09. The molecule has 3 aromatic heterocycles. The quantitative estimate of drug-likeness (QED) is 0.178. The number of fused-ring (bicyclic) bond motifs is 11. The fourth-order valence-corrected chi connectivity index (χ4v) is 11.1. The average Bonchev–Trinajstić information content (AvgIpc) is 3.86. The standard InChI is InChI=1S/C46H27NS3/c1-2-8-34-29(7-1)16-23-43-46(34)38-21-15-30(25-44(38)50-43)28-13-17-31(18-14-28)47(32-20-24-42-39(26-32)36-10-4-6-12-41(36)48-42)33-19-22-37-35-9-3-5-11-40(35)49-45(37)27-33/h1-27H. The molecule has 0 aliphatic heterocycles. The molecule has 0 unspecified atom stereocenters. The summed E-state index contributed by atoms with van der Waals surface area (Å²) in [5, 5.41) is 10.6. The molecule has 0 amide bonds. The Morgan fingerprint density at radius 3 is 1.68 bits per heavy atom. The largest absolute Gasteiger partial charge is 0.310 e. The third kappa shape index (κ3) is 4.36. The van der Waals surface area contributed by atoms with Gasteiger partial charge in [-0.25, -0.2) is 0 Å².